The minimum Gasteiger partial charge on any atom is -0.480 e. The van der Waals surface area contributed by atoms with Gasteiger partial charge in [0.05, 0.1) is 0 Å². The van der Waals surface area contributed by atoms with Gasteiger partial charge >= 0.3 is 12.0 Å². The van der Waals surface area contributed by atoms with Crippen molar-refractivity contribution in [2.75, 3.05) is 19.6 Å². The van der Waals surface area contributed by atoms with Crippen molar-refractivity contribution in [3.05, 3.63) is 0 Å². The Morgan fingerprint density at radius 1 is 1.38 bits per heavy atom. The summed E-state index contributed by atoms with van der Waals surface area (Å²) in [5, 5.41) is 10.6. The molecule has 2 amide bonds. The highest BCUT2D eigenvalue weighted by atomic mass is 16.4. The monoisotopic (exact) mass is 188 g/mol. The Bertz CT molecular complexity index is 182. The van der Waals surface area contributed by atoms with Crippen LogP contribution < -0.4 is 5.32 Å². The van der Waals surface area contributed by atoms with E-state index in [2.05, 4.69) is 5.32 Å². The number of carbonyl (C=O) groups excluding carboxylic acids is 1. The standard InChI is InChI=1S/C8H16N2O3/c1-3-5-10(4-2)8(13)9-6-7(11)12/h3-6H2,1-2H3,(H,9,13)(H,11,12). The van der Waals surface area contributed by atoms with Crippen LogP contribution in [0.3, 0.4) is 0 Å². The molecule has 0 saturated heterocycles. The minimum atomic E-state index is -1.03. The Morgan fingerprint density at radius 3 is 2.38 bits per heavy atom. The van der Waals surface area contributed by atoms with Gasteiger partial charge in [-0.3, -0.25) is 4.79 Å². The molecule has 0 aromatic carbocycles. The summed E-state index contributed by atoms with van der Waals surface area (Å²) in [6.45, 7) is 4.75. The number of urea groups is 1. The summed E-state index contributed by atoms with van der Waals surface area (Å²) < 4.78 is 0. The van der Waals surface area contributed by atoms with E-state index in [9.17, 15) is 9.59 Å². The van der Waals surface area contributed by atoms with Gasteiger partial charge in [-0.2, -0.15) is 0 Å². The van der Waals surface area contributed by atoms with Gasteiger partial charge in [-0.15, -0.1) is 0 Å². The second kappa shape index (κ2) is 6.28. The van der Waals surface area contributed by atoms with E-state index in [0.717, 1.165) is 6.42 Å². The lowest BCUT2D eigenvalue weighted by Crippen LogP contribution is -2.42. The largest absolute Gasteiger partial charge is 0.480 e. The van der Waals surface area contributed by atoms with Crippen molar-refractivity contribution in [1.29, 1.82) is 0 Å². The van der Waals surface area contributed by atoms with E-state index in [1.54, 1.807) is 4.90 Å². The number of carboxylic acids is 1. The summed E-state index contributed by atoms with van der Waals surface area (Å²) >= 11 is 0. The smallest absolute Gasteiger partial charge is 0.323 e. The second-order valence-corrected chi connectivity index (χ2v) is 2.63. The summed E-state index contributed by atoms with van der Waals surface area (Å²) in [4.78, 5) is 22.9. The van der Waals surface area contributed by atoms with Crippen molar-refractivity contribution >= 4 is 12.0 Å². The maximum atomic E-state index is 11.2. The average molecular weight is 188 g/mol. The van der Waals surface area contributed by atoms with E-state index >= 15 is 0 Å². The molecule has 13 heavy (non-hydrogen) atoms. The summed E-state index contributed by atoms with van der Waals surface area (Å²) in [7, 11) is 0. The summed E-state index contributed by atoms with van der Waals surface area (Å²) in [6, 6.07) is -0.313. The zero-order chi connectivity index (χ0) is 10.3. The van der Waals surface area contributed by atoms with Crippen LogP contribution in [0.1, 0.15) is 20.3 Å². The average Bonchev–Trinajstić information content (AvgIpc) is 2.10. The number of carboxylic acid groups (broad SMARTS) is 1. The lowest BCUT2D eigenvalue weighted by Gasteiger charge is -2.19. The van der Waals surface area contributed by atoms with Crippen LogP contribution in [0.4, 0.5) is 4.79 Å². The molecule has 0 aliphatic carbocycles. The van der Waals surface area contributed by atoms with Crippen molar-refractivity contribution in [1.82, 2.24) is 10.2 Å². The van der Waals surface area contributed by atoms with Crippen molar-refractivity contribution in [3.63, 3.8) is 0 Å². The number of hydrogen-bond donors (Lipinski definition) is 2. The fourth-order valence-corrected chi connectivity index (χ4v) is 0.936. The van der Waals surface area contributed by atoms with Gasteiger partial charge in [-0.1, -0.05) is 6.92 Å². The molecule has 0 aromatic rings. The normalized spacial score (nSPS) is 9.38. The van der Waals surface area contributed by atoms with Crippen molar-refractivity contribution in [3.8, 4) is 0 Å². The lowest BCUT2D eigenvalue weighted by molar-refractivity contribution is -0.135. The topological polar surface area (TPSA) is 69.6 Å². The number of hydrogen-bond acceptors (Lipinski definition) is 2. The fourth-order valence-electron chi connectivity index (χ4n) is 0.936. The van der Waals surface area contributed by atoms with E-state index in [-0.39, 0.29) is 12.6 Å². The van der Waals surface area contributed by atoms with E-state index < -0.39 is 5.97 Å². The van der Waals surface area contributed by atoms with Gasteiger partial charge < -0.3 is 15.3 Å². The Morgan fingerprint density at radius 2 is 2.00 bits per heavy atom. The highest BCUT2D eigenvalue weighted by molar-refractivity contribution is 5.79. The lowest BCUT2D eigenvalue weighted by atomic mass is 10.4. The summed E-state index contributed by atoms with van der Waals surface area (Å²) in [5.74, 6) is -1.03. The molecule has 0 radical (unpaired) electrons. The first-order valence-corrected chi connectivity index (χ1v) is 4.36. The zero-order valence-electron chi connectivity index (χ0n) is 8.04. The van der Waals surface area contributed by atoms with Gasteiger partial charge in [-0.05, 0) is 13.3 Å². The summed E-state index contributed by atoms with van der Waals surface area (Å²) in [6.07, 6.45) is 0.869. The van der Waals surface area contributed by atoms with Gasteiger partial charge in [0, 0.05) is 13.1 Å². The van der Waals surface area contributed by atoms with Gasteiger partial charge in [-0.25, -0.2) is 4.79 Å². The van der Waals surface area contributed by atoms with Crippen LogP contribution in [0, 0.1) is 0 Å². The molecule has 76 valence electrons. The molecule has 0 fully saturated rings. The zero-order valence-corrected chi connectivity index (χ0v) is 8.04. The quantitative estimate of drug-likeness (QED) is 0.660. The van der Waals surface area contributed by atoms with Gasteiger partial charge in [0.1, 0.15) is 6.54 Å². The van der Waals surface area contributed by atoms with Crippen LogP contribution in [0.5, 0.6) is 0 Å². The maximum absolute atomic E-state index is 11.2. The molecular weight excluding hydrogens is 172 g/mol. The predicted octanol–water partition coefficient (Wildman–Crippen LogP) is 0.513. The molecule has 2 N–H and O–H groups in total. The highest BCUT2D eigenvalue weighted by Crippen LogP contribution is 1.91. The van der Waals surface area contributed by atoms with E-state index in [0.29, 0.717) is 13.1 Å². The third-order valence-electron chi connectivity index (χ3n) is 1.55. The van der Waals surface area contributed by atoms with Crippen LogP contribution in [-0.2, 0) is 4.79 Å². The number of aliphatic carboxylic acids is 1. The van der Waals surface area contributed by atoms with Crippen LogP contribution in [0.15, 0.2) is 0 Å². The molecule has 0 unspecified atom stereocenters. The Balaban J connectivity index is 3.84. The summed E-state index contributed by atoms with van der Waals surface area (Å²) in [5.41, 5.74) is 0. The number of nitrogens with zero attached hydrogens (tertiary/aromatic N) is 1. The fraction of sp³-hybridized carbons (Fsp3) is 0.750. The number of rotatable bonds is 5. The van der Waals surface area contributed by atoms with Gasteiger partial charge in [0.15, 0.2) is 0 Å². The molecule has 5 heteroatoms. The Labute approximate surface area is 77.7 Å². The first kappa shape index (κ1) is 11.7. The van der Waals surface area contributed by atoms with Crippen molar-refractivity contribution < 1.29 is 14.7 Å². The molecule has 5 nitrogen and oxygen atoms in total. The number of carbonyl (C=O) groups is 2. The molecule has 0 saturated carbocycles. The molecule has 0 aliphatic heterocycles. The predicted molar refractivity (Wildman–Crippen MR) is 48.6 cm³/mol. The van der Waals surface area contributed by atoms with Crippen LogP contribution in [-0.4, -0.2) is 41.6 Å². The van der Waals surface area contributed by atoms with Crippen LogP contribution in [0.2, 0.25) is 0 Å². The second-order valence-electron chi connectivity index (χ2n) is 2.63. The van der Waals surface area contributed by atoms with E-state index in [1.807, 2.05) is 13.8 Å². The van der Waals surface area contributed by atoms with Crippen molar-refractivity contribution in [2.24, 2.45) is 0 Å². The third kappa shape index (κ3) is 5.05. The molecule has 0 aliphatic rings. The molecule has 0 bridgehead atoms. The number of amides is 2. The van der Waals surface area contributed by atoms with E-state index in [4.69, 9.17) is 5.11 Å². The van der Waals surface area contributed by atoms with Crippen LogP contribution >= 0.6 is 0 Å². The number of nitrogens with one attached hydrogen (secondary N) is 1. The van der Waals surface area contributed by atoms with Crippen molar-refractivity contribution in [2.45, 2.75) is 20.3 Å². The SMILES string of the molecule is CCCN(CC)C(=O)NCC(=O)O. The maximum Gasteiger partial charge on any atom is 0.323 e. The Hall–Kier alpha value is -1.26. The molecule has 0 atom stereocenters. The first-order chi connectivity index (χ1) is 6.11. The molecule has 0 heterocycles. The van der Waals surface area contributed by atoms with Crippen LogP contribution in [0.25, 0.3) is 0 Å². The van der Waals surface area contributed by atoms with Gasteiger partial charge in [0.25, 0.3) is 0 Å². The van der Waals surface area contributed by atoms with E-state index in [1.165, 1.54) is 0 Å². The first-order valence-electron chi connectivity index (χ1n) is 4.36. The molecular formula is C8H16N2O3. The minimum absolute atomic E-state index is 0.313. The molecule has 0 aromatic heterocycles. The van der Waals surface area contributed by atoms with Gasteiger partial charge in [0.2, 0.25) is 0 Å². The Kier molecular flexibility index (Phi) is 5.67. The molecule has 0 rings (SSSR count). The highest BCUT2D eigenvalue weighted by Gasteiger charge is 2.10. The molecule has 0 spiro atoms. The third-order valence-corrected chi connectivity index (χ3v) is 1.55.